The van der Waals surface area contributed by atoms with E-state index in [4.69, 9.17) is 0 Å². The van der Waals surface area contributed by atoms with E-state index < -0.39 is 0 Å². The Morgan fingerprint density at radius 3 is 1.88 bits per heavy atom. The highest BCUT2D eigenvalue weighted by Gasteiger charge is 2.48. The van der Waals surface area contributed by atoms with Crippen LogP contribution in [0.5, 0.6) is 0 Å². The molecule has 3 rings (SSSR count). The molecule has 0 aliphatic carbocycles. The predicted molar refractivity (Wildman–Crippen MR) is 105 cm³/mol. The minimum absolute atomic E-state index is 0.272. The van der Waals surface area contributed by atoms with E-state index in [2.05, 4.69) is 86.5 Å². The first-order valence-electron chi connectivity index (χ1n) is 9.57. The Morgan fingerprint density at radius 2 is 1.40 bits per heavy atom. The molecule has 0 amide bonds. The monoisotopic (exact) mass is 337 g/mol. The third-order valence-electron chi connectivity index (χ3n) is 5.87. The van der Waals surface area contributed by atoms with Crippen molar-refractivity contribution in [3.63, 3.8) is 0 Å². The van der Waals surface area contributed by atoms with Gasteiger partial charge >= 0.3 is 0 Å². The number of benzene rings is 2. The van der Waals surface area contributed by atoms with Gasteiger partial charge in [-0.2, -0.15) is 0 Å². The van der Waals surface area contributed by atoms with E-state index in [1.165, 1.54) is 11.1 Å². The fourth-order valence-electron chi connectivity index (χ4n) is 4.93. The molecule has 0 saturated carbocycles. The summed E-state index contributed by atoms with van der Waals surface area (Å²) in [6.45, 7) is 4.95. The first-order valence-corrected chi connectivity index (χ1v) is 9.57. The molecule has 25 heavy (non-hydrogen) atoms. The van der Waals surface area contributed by atoms with Gasteiger partial charge in [0, 0.05) is 30.5 Å². The van der Waals surface area contributed by atoms with Gasteiger partial charge in [-0.25, -0.2) is 0 Å². The highest BCUT2D eigenvalue weighted by molar-refractivity contribution is 5.34. The Bertz CT molecular complexity index is 640. The van der Waals surface area contributed by atoms with Crippen molar-refractivity contribution < 1.29 is 5.11 Å². The normalized spacial score (nSPS) is 27.1. The molecule has 2 nitrogen and oxygen atoms in total. The van der Waals surface area contributed by atoms with Crippen molar-refractivity contribution in [3.8, 4) is 0 Å². The predicted octanol–water partition coefficient (Wildman–Crippen LogP) is 4.67. The van der Waals surface area contributed by atoms with E-state index in [1.807, 2.05) is 0 Å². The lowest BCUT2D eigenvalue weighted by Gasteiger charge is -2.31. The maximum atomic E-state index is 9.41. The minimum Gasteiger partial charge on any atom is -0.396 e. The molecule has 1 aliphatic heterocycles. The lowest BCUT2D eigenvalue weighted by atomic mass is 9.75. The van der Waals surface area contributed by atoms with Crippen LogP contribution in [0.2, 0.25) is 0 Å². The van der Waals surface area contributed by atoms with Crippen LogP contribution in [0.3, 0.4) is 0 Å². The molecule has 0 spiro atoms. The van der Waals surface area contributed by atoms with Gasteiger partial charge < -0.3 is 5.11 Å². The topological polar surface area (TPSA) is 23.5 Å². The fourth-order valence-corrected chi connectivity index (χ4v) is 4.93. The number of hydrogen-bond acceptors (Lipinski definition) is 2. The second-order valence-electron chi connectivity index (χ2n) is 7.71. The van der Waals surface area contributed by atoms with Gasteiger partial charge in [-0.15, -0.1) is 0 Å². The van der Waals surface area contributed by atoms with E-state index in [0.717, 1.165) is 12.8 Å². The summed E-state index contributed by atoms with van der Waals surface area (Å²) in [7, 11) is 2.28. The Hall–Kier alpha value is -1.64. The zero-order valence-electron chi connectivity index (χ0n) is 15.7. The summed E-state index contributed by atoms with van der Waals surface area (Å²) in [4.78, 5) is 2.59. The summed E-state index contributed by atoms with van der Waals surface area (Å²) in [6, 6.07) is 23.0. The Labute approximate surface area is 152 Å². The largest absolute Gasteiger partial charge is 0.396 e. The van der Waals surface area contributed by atoms with Gasteiger partial charge in [-0.05, 0) is 36.9 Å². The van der Waals surface area contributed by atoms with Crippen LogP contribution in [-0.4, -0.2) is 35.7 Å². The number of aliphatic hydroxyl groups excluding tert-OH is 1. The molecule has 0 aromatic heterocycles. The SMILES string of the molecule is CC(C)[C@@H]1[C@H](c2ccccc2)[C@@H](c2ccccc2)[C@H](CCCO)N1C. The number of likely N-dealkylation sites (N-methyl/N-ethyl adjacent to an activating group) is 1. The smallest absolute Gasteiger partial charge is 0.0431 e. The van der Waals surface area contributed by atoms with Crippen molar-refractivity contribution in [2.24, 2.45) is 5.92 Å². The van der Waals surface area contributed by atoms with Crippen molar-refractivity contribution in [2.75, 3.05) is 13.7 Å². The van der Waals surface area contributed by atoms with Crippen LogP contribution < -0.4 is 0 Å². The lowest BCUT2D eigenvalue weighted by Crippen LogP contribution is -2.37. The number of nitrogens with zero attached hydrogens (tertiary/aromatic N) is 1. The second kappa shape index (κ2) is 8.16. The highest BCUT2D eigenvalue weighted by atomic mass is 16.2. The van der Waals surface area contributed by atoms with E-state index >= 15 is 0 Å². The van der Waals surface area contributed by atoms with Crippen LogP contribution in [-0.2, 0) is 0 Å². The number of aliphatic hydroxyl groups is 1. The minimum atomic E-state index is 0.272. The zero-order valence-corrected chi connectivity index (χ0v) is 15.7. The number of hydrogen-bond donors (Lipinski definition) is 1. The average molecular weight is 338 g/mol. The van der Waals surface area contributed by atoms with Crippen LogP contribution in [0.1, 0.15) is 49.7 Å². The maximum Gasteiger partial charge on any atom is 0.0431 e. The molecular weight excluding hydrogens is 306 g/mol. The molecule has 2 aromatic rings. The molecule has 2 aromatic carbocycles. The van der Waals surface area contributed by atoms with Crippen molar-refractivity contribution in [3.05, 3.63) is 71.8 Å². The van der Waals surface area contributed by atoms with Gasteiger partial charge in [0.05, 0.1) is 0 Å². The summed E-state index contributed by atoms with van der Waals surface area (Å²) in [6.07, 6.45) is 1.91. The Kier molecular flexibility index (Phi) is 5.93. The molecule has 4 atom stereocenters. The summed E-state index contributed by atoms with van der Waals surface area (Å²) in [5.41, 5.74) is 2.86. The molecule has 1 saturated heterocycles. The van der Waals surface area contributed by atoms with Crippen LogP contribution >= 0.6 is 0 Å². The van der Waals surface area contributed by atoms with Gasteiger partial charge in [-0.3, -0.25) is 4.90 Å². The van der Waals surface area contributed by atoms with Crippen LogP contribution in [0, 0.1) is 5.92 Å². The first kappa shape index (κ1) is 18.2. The zero-order chi connectivity index (χ0) is 17.8. The maximum absolute atomic E-state index is 9.41. The van der Waals surface area contributed by atoms with Gasteiger partial charge in [0.15, 0.2) is 0 Å². The van der Waals surface area contributed by atoms with E-state index in [1.54, 1.807) is 0 Å². The second-order valence-corrected chi connectivity index (χ2v) is 7.71. The molecule has 1 fully saturated rings. The molecule has 0 radical (unpaired) electrons. The average Bonchev–Trinajstić information content (AvgIpc) is 2.94. The van der Waals surface area contributed by atoms with Crippen LogP contribution in [0.15, 0.2) is 60.7 Å². The summed E-state index contributed by atoms with van der Waals surface area (Å²) in [5, 5.41) is 9.41. The third-order valence-corrected chi connectivity index (χ3v) is 5.87. The standard InChI is InChI=1S/C23H31NO/c1-17(2)23-22(19-13-8-5-9-14-19)21(18-11-6-4-7-12-18)20(24(23)3)15-10-16-25/h4-9,11-14,17,20-23,25H,10,15-16H2,1-3H3/t20-,21-,22+,23+/m0/s1. The van der Waals surface area contributed by atoms with E-state index in [0.29, 0.717) is 29.8 Å². The first-order chi connectivity index (χ1) is 12.1. The molecule has 0 unspecified atom stereocenters. The molecule has 2 heteroatoms. The number of likely N-dealkylation sites (tertiary alicyclic amines) is 1. The third kappa shape index (κ3) is 3.65. The Morgan fingerprint density at radius 1 is 0.880 bits per heavy atom. The number of rotatable bonds is 6. The quantitative estimate of drug-likeness (QED) is 0.828. The Balaban J connectivity index is 2.08. The van der Waals surface area contributed by atoms with Gasteiger partial charge in [0.2, 0.25) is 0 Å². The highest BCUT2D eigenvalue weighted by Crippen LogP contribution is 2.50. The molecule has 134 valence electrons. The summed E-state index contributed by atoms with van der Waals surface area (Å²) < 4.78 is 0. The molecule has 1 N–H and O–H groups in total. The van der Waals surface area contributed by atoms with Crippen LogP contribution in [0.4, 0.5) is 0 Å². The molecule has 1 aliphatic rings. The van der Waals surface area contributed by atoms with Gasteiger partial charge in [0.1, 0.15) is 0 Å². The van der Waals surface area contributed by atoms with Gasteiger partial charge in [-0.1, -0.05) is 74.5 Å². The lowest BCUT2D eigenvalue weighted by molar-refractivity contribution is 0.173. The van der Waals surface area contributed by atoms with Crippen molar-refractivity contribution in [2.45, 2.75) is 50.6 Å². The van der Waals surface area contributed by atoms with Crippen molar-refractivity contribution in [1.29, 1.82) is 0 Å². The molecule has 0 bridgehead atoms. The summed E-state index contributed by atoms with van der Waals surface area (Å²) in [5.74, 6) is 1.53. The van der Waals surface area contributed by atoms with Crippen molar-refractivity contribution >= 4 is 0 Å². The van der Waals surface area contributed by atoms with Crippen molar-refractivity contribution in [1.82, 2.24) is 4.90 Å². The molecular formula is C23H31NO. The summed E-state index contributed by atoms with van der Waals surface area (Å²) >= 11 is 0. The van der Waals surface area contributed by atoms with Crippen LogP contribution in [0.25, 0.3) is 0 Å². The fraction of sp³-hybridized carbons (Fsp3) is 0.478. The van der Waals surface area contributed by atoms with E-state index in [-0.39, 0.29) is 6.61 Å². The van der Waals surface area contributed by atoms with Gasteiger partial charge in [0.25, 0.3) is 0 Å². The van der Waals surface area contributed by atoms with E-state index in [9.17, 15) is 5.11 Å². The molecule has 1 heterocycles.